The fraction of sp³-hybridized carbons (Fsp3) is 0.300. The number of nitrogens with one attached hydrogen (secondary N) is 1. The molecule has 18 heavy (non-hydrogen) atoms. The topological polar surface area (TPSA) is 122 Å². The van der Waals surface area contributed by atoms with Gasteiger partial charge in [-0.05, 0) is 13.8 Å². The highest BCUT2D eigenvalue weighted by Crippen LogP contribution is 2.14. The van der Waals surface area contributed by atoms with Gasteiger partial charge in [-0.1, -0.05) is 0 Å². The molecule has 1 atom stereocenters. The summed E-state index contributed by atoms with van der Waals surface area (Å²) in [7, 11) is 0. The molecular formula is C10H11N3O5. The minimum Gasteiger partial charge on any atom is -0.480 e. The number of aryl methyl sites for hydroxylation is 1. The third-order valence-electron chi connectivity index (χ3n) is 2.25. The highest BCUT2D eigenvalue weighted by Gasteiger charge is 2.19. The fourth-order valence-electron chi connectivity index (χ4n) is 1.19. The molecule has 8 heteroatoms. The smallest absolute Gasteiger partial charge is 0.325 e. The van der Waals surface area contributed by atoms with Crippen LogP contribution < -0.4 is 5.32 Å². The summed E-state index contributed by atoms with van der Waals surface area (Å²) in [6.07, 6.45) is 1.03. The van der Waals surface area contributed by atoms with Crippen LogP contribution in [0.1, 0.15) is 23.0 Å². The van der Waals surface area contributed by atoms with E-state index >= 15 is 0 Å². The Balaban J connectivity index is 3.01. The summed E-state index contributed by atoms with van der Waals surface area (Å²) in [5.74, 6) is -1.90. The Hall–Kier alpha value is -2.51. The van der Waals surface area contributed by atoms with Crippen molar-refractivity contribution in [3.8, 4) is 0 Å². The average molecular weight is 253 g/mol. The van der Waals surface area contributed by atoms with Crippen LogP contribution in [-0.2, 0) is 4.79 Å². The average Bonchev–Trinajstić information content (AvgIpc) is 2.28. The number of carbonyl (C=O) groups is 2. The zero-order chi connectivity index (χ0) is 13.9. The molecule has 0 saturated carbocycles. The fourth-order valence-corrected chi connectivity index (χ4v) is 1.19. The van der Waals surface area contributed by atoms with Crippen molar-refractivity contribution in [3.05, 3.63) is 33.6 Å². The van der Waals surface area contributed by atoms with Gasteiger partial charge in [0, 0.05) is 6.07 Å². The van der Waals surface area contributed by atoms with Crippen molar-refractivity contribution in [2.24, 2.45) is 0 Å². The number of hydrogen-bond acceptors (Lipinski definition) is 5. The third-order valence-corrected chi connectivity index (χ3v) is 2.25. The van der Waals surface area contributed by atoms with Crippen LogP contribution >= 0.6 is 0 Å². The first-order chi connectivity index (χ1) is 8.32. The number of rotatable bonds is 4. The summed E-state index contributed by atoms with van der Waals surface area (Å²) >= 11 is 0. The van der Waals surface area contributed by atoms with Crippen molar-refractivity contribution in [3.63, 3.8) is 0 Å². The van der Waals surface area contributed by atoms with Crippen molar-refractivity contribution < 1.29 is 19.6 Å². The Bertz CT molecular complexity index is 514. The van der Waals surface area contributed by atoms with Crippen molar-refractivity contribution in [1.29, 1.82) is 0 Å². The minimum atomic E-state index is -1.20. The summed E-state index contributed by atoms with van der Waals surface area (Å²) in [6.45, 7) is 2.80. The molecule has 1 unspecified atom stereocenters. The molecule has 1 aromatic rings. The molecule has 96 valence electrons. The number of aliphatic carboxylic acids is 1. The molecule has 0 aliphatic heterocycles. The molecule has 0 aliphatic rings. The Morgan fingerprint density at radius 1 is 1.56 bits per heavy atom. The number of carboxylic acids is 1. The first-order valence-corrected chi connectivity index (χ1v) is 4.97. The van der Waals surface area contributed by atoms with Gasteiger partial charge >= 0.3 is 5.97 Å². The van der Waals surface area contributed by atoms with Gasteiger partial charge in [0.2, 0.25) is 0 Å². The third kappa shape index (κ3) is 3.00. The maximum absolute atomic E-state index is 11.7. The maximum atomic E-state index is 11.7. The van der Waals surface area contributed by atoms with Crippen molar-refractivity contribution in [1.82, 2.24) is 10.3 Å². The molecule has 1 aromatic heterocycles. The SMILES string of the molecule is Cc1ncc([N+](=O)[O-])cc1C(=O)NC(C)C(=O)O. The van der Waals surface area contributed by atoms with E-state index in [4.69, 9.17) is 5.11 Å². The largest absolute Gasteiger partial charge is 0.480 e. The number of amides is 1. The molecule has 2 N–H and O–H groups in total. The van der Waals surface area contributed by atoms with Gasteiger partial charge < -0.3 is 10.4 Å². The van der Waals surface area contributed by atoms with Gasteiger partial charge in [-0.25, -0.2) is 0 Å². The van der Waals surface area contributed by atoms with E-state index in [1.807, 2.05) is 0 Å². The summed E-state index contributed by atoms with van der Waals surface area (Å²) in [5.41, 5.74) is -0.0540. The van der Waals surface area contributed by atoms with Crippen molar-refractivity contribution in [2.75, 3.05) is 0 Å². The van der Waals surface area contributed by atoms with Gasteiger partial charge in [0.05, 0.1) is 16.2 Å². The molecule has 0 aliphatic carbocycles. The minimum absolute atomic E-state index is 0.0164. The van der Waals surface area contributed by atoms with E-state index in [1.165, 1.54) is 13.8 Å². The van der Waals surface area contributed by atoms with Crippen LogP contribution in [0.4, 0.5) is 5.69 Å². The number of aromatic nitrogens is 1. The highest BCUT2D eigenvalue weighted by molar-refractivity contribution is 5.97. The van der Waals surface area contributed by atoms with Crippen LogP contribution in [-0.4, -0.2) is 32.9 Å². The van der Waals surface area contributed by atoms with Gasteiger partial charge in [0.1, 0.15) is 12.2 Å². The highest BCUT2D eigenvalue weighted by atomic mass is 16.6. The Morgan fingerprint density at radius 3 is 2.67 bits per heavy atom. The Labute approximate surface area is 102 Å². The monoisotopic (exact) mass is 253 g/mol. The normalized spacial score (nSPS) is 11.7. The molecule has 1 amide bonds. The summed E-state index contributed by atoms with van der Waals surface area (Å²) in [5, 5.41) is 21.4. The summed E-state index contributed by atoms with van der Waals surface area (Å²) < 4.78 is 0. The predicted molar refractivity (Wildman–Crippen MR) is 60.2 cm³/mol. The van der Waals surface area contributed by atoms with E-state index in [0.717, 1.165) is 12.3 Å². The zero-order valence-electron chi connectivity index (χ0n) is 9.71. The summed E-state index contributed by atoms with van der Waals surface area (Å²) in [6, 6.07) is -0.0251. The first-order valence-electron chi connectivity index (χ1n) is 4.97. The van der Waals surface area contributed by atoms with E-state index in [1.54, 1.807) is 0 Å². The molecule has 0 saturated heterocycles. The van der Waals surface area contributed by atoms with Crippen molar-refractivity contribution >= 4 is 17.6 Å². The second-order valence-corrected chi connectivity index (χ2v) is 3.62. The van der Waals surface area contributed by atoms with Crippen LogP contribution in [0.15, 0.2) is 12.3 Å². The number of carbonyl (C=O) groups excluding carboxylic acids is 1. The van der Waals surface area contributed by atoms with E-state index in [2.05, 4.69) is 10.3 Å². The number of nitrogens with zero attached hydrogens (tertiary/aromatic N) is 2. The van der Waals surface area contributed by atoms with Gasteiger partial charge in [-0.15, -0.1) is 0 Å². The molecular weight excluding hydrogens is 242 g/mol. The second-order valence-electron chi connectivity index (χ2n) is 3.62. The molecule has 0 radical (unpaired) electrons. The molecule has 0 fully saturated rings. The Morgan fingerprint density at radius 2 is 2.17 bits per heavy atom. The van der Waals surface area contributed by atoms with E-state index in [0.29, 0.717) is 0 Å². The quantitative estimate of drug-likeness (QED) is 0.595. The van der Waals surface area contributed by atoms with Crippen LogP contribution in [0.2, 0.25) is 0 Å². The first kappa shape index (κ1) is 13.6. The van der Waals surface area contributed by atoms with E-state index < -0.39 is 22.8 Å². The van der Waals surface area contributed by atoms with Gasteiger partial charge in [-0.2, -0.15) is 0 Å². The van der Waals surface area contributed by atoms with Gasteiger partial charge in [-0.3, -0.25) is 24.7 Å². The number of nitro groups is 1. The molecule has 0 bridgehead atoms. The van der Waals surface area contributed by atoms with Crippen molar-refractivity contribution in [2.45, 2.75) is 19.9 Å². The predicted octanol–water partition coefficient (Wildman–Crippen LogP) is 0.501. The molecule has 1 heterocycles. The van der Waals surface area contributed by atoms with Gasteiger partial charge in [0.15, 0.2) is 0 Å². The van der Waals surface area contributed by atoms with Crippen LogP contribution in [0, 0.1) is 17.0 Å². The van der Waals surface area contributed by atoms with Crippen LogP contribution in [0.5, 0.6) is 0 Å². The molecule has 0 aromatic carbocycles. The molecule has 1 rings (SSSR count). The standard InChI is InChI=1S/C10H11N3O5/c1-5-8(3-7(4-11-5)13(17)18)9(14)12-6(2)10(15)16/h3-4,6H,1-2H3,(H,12,14)(H,15,16). The lowest BCUT2D eigenvalue weighted by atomic mass is 10.1. The lowest BCUT2D eigenvalue weighted by Gasteiger charge is -2.10. The summed E-state index contributed by atoms with van der Waals surface area (Å²) in [4.78, 5) is 35.9. The van der Waals surface area contributed by atoms with E-state index in [-0.39, 0.29) is 16.9 Å². The number of carboxylic acid groups (broad SMARTS) is 1. The number of pyridine rings is 1. The molecule has 0 spiro atoms. The zero-order valence-corrected chi connectivity index (χ0v) is 9.71. The van der Waals surface area contributed by atoms with Crippen LogP contribution in [0.3, 0.4) is 0 Å². The van der Waals surface area contributed by atoms with Gasteiger partial charge in [0.25, 0.3) is 11.6 Å². The van der Waals surface area contributed by atoms with E-state index in [9.17, 15) is 19.7 Å². The molecule has 8 nitrogen and oxygen atoms in total. The Kier molecular flexibility index (Phi) is 3.93. The lowest BCUT2D eigenvalue weighted by Crippen LogP contribution is -2.38. The maximum Gasteiger partial charge on any atom is 0.325 e. The second kappa shape index (κ2) is 5.21. The van der Waals surface area contributed by atoms with Crippen LogP contribution in [0.25, 0.3) is 0 Å². The lowest BCUT2D eigenvalue weighted by molar-refractivity contribution is -0.385. The number of hydrogen-bond donors (Lipinski definition) is 2.